The van der Waals surface area contributed by atoms with Gasteiger partial charge < -0.3 is 0 Å². The molecular weight excluding hydrogens is 168 g/mol. The summed E-state index contributed by atoms with van der Waals surface area (Å²) in [4.78, 5) is 27.4. The van der Waals surface area contributed by atoms with Crippen molar-refractivity contribution >= 4 is 17.6 Å². The van der Waals surface area contributed by atoms with E-state index in [0.29, 0.717) is 5.71 Å². The number of aliphatic imine (C=N–C) groups is 1. The molecule has 1 aliphatic rings. The summed E-state index contributed by atoms with van der Waals surface area (Å²) in [6, 6.07) is -0.457. The Morgan fingerprint density at radius 1 is 1.31 bits per heavy atom. The Labute approximate surface area is 77.6 Å². The van der Waals surface area contributed by atoms with E-state index in [1.54, 1.807) is 0 Å². The number of amides is 3. The van der Waals surface area contributed by atoms with Crippen LogP contribution >= 0.6 is 0 Å². The highest BCUT2D eigenvalue weighted by Gasteiger charge is 2.30. The minimum absolute atomic E-state index is 0.176. The first kappa shape index (κ1) is 9.89. The third kappa shape index (κ3) is 1.94. The highest BCUT2D eigenvalue weighted by molar-refractivity contribution is 6.15. The minimum Gasteiger partial charge on any atom is -0.274 e. The van der Waals surface area contributed by atoms with E-state index in [1.165, 1.54) is 7.05 Å². The van der Waals surface area contributed by atoms with Crippen molar-refractivity contribution in [2.24, 2.45) is 10.4 Å². The summed E-state index contributed by atoms with van der Waals surface area (Å²) in [5, 5.41) is 0. The molecule has 0 aliphatic carbocycles. The standard InChI is InChI=1S/C9H14N2O2/c1-9(2,3)6-5-7(12)11(4)8(13)10-6/h5H2,1-4H3. The molecule has 0 radical (unpaired) electrons. The molecule has 0 aromatic carbocycles. The zero-order chi connectivity index (χ0) is 10.2. The monoisotopic (exact) mass is 182 g/mol. The maximum absolute atomic E-state index is 11.3. The summed E-state index contributed by atoms with van der Waals surface area (Å²) in [6.45, 7) is 5.83. The third-order valence-electron chi connectivity index (χ3n) is 2.08. The van der Waals surface area contributed by atoms with Gasteiger partial charge in [-0.05, 0) is 0 Å². The van der Waals surface area contributed by atoms with Gasteiger partial charge in [0.25, 0.3) is 0 Å². The molecule has 0 saturated heterocycles. The largest absolute Gasteiger partial charge is 0.349 e. The van der Waals surface area contributed by atoms with Crippen LogP contribution in [0.15, 0.2) is 4.99 Å². The second-order valence-electron chi connectivity index (χ2n) is 4.22. The molecule has 0 fully saturated rings. The van der Waals surface area contributed by atoms with Gasteiger partial charge in [-0.2, -0.15) is 0 Å². The van der Waals surface area contributed by atoms with Crippen molar-refractivity contribution in [3.8, 4) is 0 Å². The lowest BCUT2D eigenvalue weighted by Gasteiger charge is -2.26. The number of carbonyl (C=O) groups excluding carboxylic acids is 2. The zero-order valence-corrected chi connectivity index (χ0v) is 8.42. The van der Waals surface area contributed by atoms with Crippen LogP contribution in [0, 0.1) is 5.41 Å². The molecule has 0 saturated carbocycles. The molecule has 4 heteroatoms. The summed E-state index contributed by atoms with van der Waals surface area (Å²) >= 11 is 0. The SMILES string of the molecule is CN1C(=O)CC(C(C)(C)C)=NC1=O. The molecule has 0 bridgehead atoms. The number of urea groups is 1. The van der Waals surface area contributed by atoms with Gasteiger partial charge in [0.15, 0.2) is 0 Å². The van der Waals surface area contributed by atoms with Crippen LogP contribution in [0.1, 0.15) is 27.2 Å². The third-order valence-corrected chi connectivity index (χ3v) is 2.08. The van der Waals surface area contributed by atoms with Gasteiger partial charge in [-0.3, -0.25) is 9.69 Å². The average Bonchev–Trinajstić information content (AvgIpc) is 1.97. The molecule has 1 rings (SSSR count). The molecule has 3 amide bonds. The highest BCUT2D eigenvalue weighted by atomic mass is 16.2. The normalized spacial score (nSPS) is 19.1. The number of imide groups is 1. The van der Waals surface area contributed by atoms with E-state index >= 15 is 0 Å². The van der Waals surface area contributed by atoms with Crippen LogP contribution in [-0.4, -0.2) is 29.6 Å². The fourth-order valence-corrected chi connectivity index (χ4v) is 1.03. The number of carbonyl (C=O) groups is 2. The van der Waals surface area contributed by atoms with Gasteiger partial charge in [-0.15, -0.1) is 0 Å². The van der Waals surface area contributed by atoms with Crippen molar-refractivity contribution in [1.29, 1.82) is 0 Å². The van der Waals surface area contributed by atoms with Crippen LogP contribution < -0.4 is 0 Å². The quantitative estimate of drug-likeness (QED) is 0.569. The van der Waals surface area contributed by atoms with Crippen molar-refractivity contribution in [3.05, 3.63) is 0 Å². The van der Waals surface area contributed by atoms with Gasteiger partial charge in [0.2, 0.25) is 5.91 Å². The van der Waals surface area contributed by atoms with Crippen molar-refractivity contribution in [1.82, 2.24) is 4.90 Å². The van der Waals surface area contributed by atoms with E-state index in [9.17, 15) is 9.59 Å². The minimum atomic E-state index is -0.457. The topological polar surface area (TPSA) is 49.7 Å². The molecule has 1 aliphatic heterocycles. The second-order valence-corrected chi connectivity index (χ2v) is 4.22. The van der Waals surface area contributed by atoms with E-state index in [-0.39, 0.29) is 17.7 Å². The molecule has 72 valence electrons. The van der Waals surface area contributed by atoms with Crippen LogP contribution in [0.2, 0.25) is 0 Å². The Hall–Kier alpha value is -1.19. The van der Waals surface area contributed by atoms with Gasteiger partial charge in [-0.25, -0.2) is 9.79 Å². The summed E-state index contributed by atoms with van der Waals surface area (Å²) in [5.74, 6) is -0.176. The Bertz CT molecular complexity index is 286. The zero-order valence-electron chi connectivity index (χ0n) is 8.42. The molecule has 4 nitrogen and oxygen atoms in total. The summed E-state index contributed by atoms with van der Waals surface area (Å²) in [6.07, 6.45) is 0.256. The lowest BCUT2D eigenvalue weighted by atomic mass is 9.87. The first-order valence-electron chi connectivity index (χ1n) is 4.21. The van der Waals surface area contributed by atoms with Crippen LogP contribution in [0.25, 0.3) is 0 Å². The summed E-state index contributed by atoms with van der Waals surface area (Å²) in [7, 11) is 1.45. The number of hydrogen-bond acceptors (Lipinski definition) is 2. The molecule has 1 heterocycles. The highest BCUT2D eigenvalue weighted by Crippen LogP contribution is 2.22. The van der Waals surface area contributed by atoms with Crippen LogP contribution in [0.4, 0.5) is 4.79 Å². The smallest absolute Gasteiger partial charge is 0.274 e. The van der Waals surface area contributed by atoms with Gasteiger partial charge in [-0.1, -0.05) is 20.8 Å². The molecule has 0 atom stereocenters. The Morgan fingerprint density at radius 3 is 2.23 bits per heavy atom. The van der Waals surface area contributed by atoms with Gasteiger partial charge in [0.1, 0.15) is 0 Å². The van der Waals surface area contributed by atoms with E-state index in [1.807, 2.05) is 20.8 Å². The predicted octanol–water partition coefficient (Wildman–Crippen LogP) is 1.46. The fraction of sp³-hybridized carbons (Fsp3) is 0.667. The first-order chi connectivity index (χ1) is 5.82. The number of rotatable bonds is 0. The molecular formula is C9H14N2O2. The van der Waals surface area contributed by atoms with Gasteiger partial charge in [0.05, 0.1) is 6.42 Å². The van der Waals surface area contributed by atoms with Crippen LogP contribution in [0.3, 0.4) is 0 Å². The Kier molecular flexibility index (Phi) is 2.24. The van der Waals surface area contributed by atoms with E-state index < -0.39 is 6.03 Å². The molecule has 13 heavy (non-hydrogen) atoms. The molecule has 0 aromatic heterocycles. The van der Waals surface area contributed by atoms with Gasteiger partial charge >= 0.3 is 6.03 Å². The fourth-order valence-electron chi connectivity index (χ4n) is 1.03. The van der Waals surface area contributed by atoms with E-state index in [4.69, 9.17) is 0 Å². The number of nitrogens with zero attached hydrogens (tertiary/aromatic N) is 2. The Morgan fingerprint density at radius 2 is 1.85 bits per heavy atom. The second kappa shape index (κ2) is 2.94. The molecule has 0 unspecified atom stereocenters. The average molecular weight is 182 g/mol. The predicted molar refractivity (Wildman–Crippen MR) is 49.7 cm³/mol. The summed E-state index contributed by atoms with van der Waals surface area (Å²) in [5.41, 5.74) is 0.465. The van der Waals surface area contributed by atoms with Crippen molar-refractivity contribution in [2.45, 2.75) is 27.2 Å². The van der Waals surface area contributed by atoms with Crippen LogP contribution in [-0.2, 0) is 4.79 Å². The van der Waals surface area contributed by atoms with Crippen molar-refractivity contribution in [2.75, 3.05) is 7.05 Å². The molecule has 0 aromatic rings. The molecule has 0 N–H and O–H groups in total. The lowest BCUT2D eigenvalue weighted by Crippen LogP contribution is -2.40. The number of hydrogen-bond donors (Lipinski definition) is 0. The van der Waals surface area contributed by atoms with E-state index in [2.05, 4.69) is 4.99 Å². The van der Waals surface area contributed by atoms with Crippen molar-refractivity contribution in [3.63, 3.8) is 0 Å². The van der Waals surface area contributed by atoms with Crippen LogP contribution in [0.5, 0.6) is 0 Å². The van der Waals surface area contributed by atoms with Gasteiger partial charge in [0, 0.05) is 18.2 Å². The Balaban J connectivity index is 2.99. The lowest BCUT2D eigenvalue weighted by molar-refractivity contribution is -0.126. The van der Waals surface area contributed by atoms with Crippen molar-refractivity contribution < 1.29 is 9.59 Å². The maximum Gasteiger partial charge on any atom is 0.349 e. The summed E-state index contributed by atoms with van der Waals surface area (Å²) < 4.78 is 0. The van der Waals surface area contributed by atoms with E-state index in [0.717, 1.165) is 4.90 Å². The maximum atomic E-state index is 11.3. The molecule has 0 spiro atoms. The first-order valence-corrected chi connectivity index (χ1v) is 4.21.